The Kier molecular flexibility index (Phi) is 5.07. The van der Waals surface area contributed by atoms with Crippen molar-refractivity contribution in [1.82, 2.24) is 0 Å². The summed E-state index contributed by atoms with van der Waals surface area (Å²) >= 11 is 0. The molecular weight excluding hydrogens is 204 g/mol. The van der Waals surface area contributed by atoms with Gasteiger partial charge in [-0.2, -0.15) is 0 Å². The molecule has 2 fully saturated rings. The van der Waals surface area contributed by atoms with E-state index in [0.29, 0.717) is 12.0 Å². The van der Waals surface area contributed by atoms with Gasteiger partial charge in [-0.3, -0.25) is 0 Å². The van der Waals surface area contributed by atoms with Crippen LogP contribution in [-0.2, 0) is 9.47 Å². The first-order chi connectivity index (χ1) is 7.86. The molecular formula is C13H24O3. The lowest BCUT2D eigenvalue weighted by Gasteiger charge is -2.26. The van der Waals surface area contributed by atoms with Crippen molar-refractivity contribution < 1.29 is 14.6 Å². The summed E-state index contributed by atoms with van der Waals surface area (Å²) in [5, 5.41) is 10.0. The second-order valence-electron chi connectivity index (χ2n) is 5.11. The molecule has 3 unspecified atom stereocenters. The van der Waals surface area contributed by atoms with Gasteiger partial charge in [0.2, 0.25) is 0 Å². The van der Waals surface area contributed by atoms with Gasteiger partial charge in [0.05, 0.1) is 18.8 Å². The molecule has 2 saturated heterocycles. The van der Waals surface area contributed by atoms with Crippen LogP contribution in [0.4, 0.5) is 0 Å². The van der Waals surface area contributed by atoms with Gasteiger partial charge in [-0.1, -0.05) is 0 Å². The van der Waals surface area contributed by atoms with E-state index in [4.69, 9.17) is 9.47 Å². The molecule has 3 heteroatoms. The van der Waals surface area contributed by atoms with E-state index in [1.165, 1.54) is 12.8 Å². The molecule has 0 radical (unpaired) electrons. The third-order valence-electron chi connectivity index (χ3n) is 3.79. The van der Waals surface area contributed by atoms with Crippen LogP contribution in [0.3, 0.4) is 0 Å². The number of aliphatic hydroxyl groups excluding tert-OH is 1. The standard InChI is InChI=1S/C13H24O3/c14-13(11-4-2-8-15-10-11)7-1-5-12-6-3-9-16-12/h11-14H,1-10H2. The van der Waals surface area contributed by atoms with Crippen molar-refractivity contribution in [2.75, 3.05) is 19.8 Å². The zero-order valence-corrected chi connectivity index (χ0v) is 10.1. The molecule has 1 N–H and O–H groups in total. The smallest absolute Gasteiger partial charge is 0.0590 e. The molecule has 0 amide bonds. The fraction of sp³-hybridized carbons (Fsp3) is 1.00. The zero-order chi connectivity index (χ0) is 11.2. The SMILES string of the molecule is OC(CCCC1CCCO1)C1CCCOC1. The van der Waals surface area contributed by atoms with Crippen LogP contribution in [0.1, 0.15) is 44.9 Å². The third-order valence-corrected chi connectivity index (χ3v) is 3.79. The van der Waals surface area contributed by atoms with Crippen LogP contribution in [0.5, 0.6) is 0 Å². The maximum atomic E-state index is 10.0. The largest absolute Gasteiger partial charge is 0.393 e. The number of aliphatic hydroxyl groups is 1. The summed E-state index contributed by atoms with van der Waals surface area (Å²) in [4.78, 5) is 0. The number of rotatable bonds is 5. The zero-order valence-electron chi connectivity index (χ0n) is 10.1. The Bertz CT molecular complexity index is 184. The second kappa shape index (κ2) is 6.58. The molecule has 0 spiro atoms. The van der Waals surface area contributed by atoms with Crippen molar-refractivity contribution in [2.45, 2.75) is 57.2 Å². The van der Waals surface area contributed by atoms with E-state index in [-0.39, 0.29) is 6.10 Å². The molecule has 2 heterocycles. The van der Waals surface area contributed by atoms with E-state index in [1.54, 1.807) is 0 Å². The van der Waals surface area contributed by atoms with Gasteiger partial charge in [0.1, 0.15) is 0 Å². The Labute approximate surface area is 98.1 Å². The van der Waals surface area contributed by atoms with Crippen LogP contribution in [-0.4, -0.2) is 37.1 Å². The minimum absolute atomic E-state index is 0.165. The summed E-state index contributed by atoms with van der Waals surface area (Å²) in [5.41, 5.74) is 0. The van der Waals surface area contributed by atoms with E-state index in [1.807, 2.05) is 0 Å². The lowest BCUT2D eigenvalue weighted by Crippen LogP contribution is -2.29. The maximum absolute atomic E-state index is 10.0. The molecule has 2 aliphatic heterocycles. The summed E-state index contributed by atoms with van der Waals surface area (Å²) < 4.78 is 11.0. The molecule has 0 bridgehead atoms. The first kappa shape index (κ1) is 12.3. The van der Waals surface area contributed by atoms with Crippen LogP contribution in [0.2, 0.25) is 0 Å². The molecule has 16 heavy (non-hydrogen) atoms. The van der Waals surface area contributed by atoms with Gasteiger partial charge in [0.15, 0.2) is 0 Å². The molecule has 0 aromatic heterocycles. The number of ether oxygens (including phenoxy) is 2. The van der Waals surface area contributed by atoms with Crippen LogP contribution >= 0.6 is 0 Å². The van der Waals surface area contributed by atoms with Gasteiger partial charge in [0.25, 0.3) is 0 Å². The lowest BCUT2D eigenvalue weighted by atomic mass is 9.92. The van der Waals surface area contributed by atoms with Crippen molar-refractivity contribution in [3.63, 3.8) is 0 Å². The molecule has 0 aromatic rings. The Morgan fingerprint density at radius 2 is 2.06 bits per heavy atom. The normalized spacial score (nSPS) is 32.8. The van der Waals surface area contributed by atoms with Crippen molar-refractivity contribution in [2.24, 2.45) is 5.92 Å². The summed E-state index contributed by atoms with van der Waals surface area (Å²) in [6.07, 6.45) is 8.07. The maximum Gasteiger partial charge on any atom is 0.0590 e. The Morgan fingerprint density at radius 1 is 1.19 bits per heavy atom. The highest BCUT2D eigenvalue weighted by atomic mass is 16.5. The fourth-order valence-corrected chi connectivity index (χ4v) is 2.73. The highest BCUT2D eigenvalue weighted by molar-refractivity contribution is 4.73. The van der Waals surface area contributed by atoms with Crippen LogP contribution in [0.25, 0.3) is 0 Å². The average molecular weight is 228 g/mol. The summed E-state index contributed by atoms with van der Waals surface area (Å²) in [6, 6.07) is 0. The van der Waals surface area contributed by atoms with Crippen molar-refractivity contribution in [1.29, 1.82) is 0 Å². The first-order valence-electron chi connectivity index (χ1n) is 6.73. The minimum Gasteiger partial charge on any atom is -0.393 e. The molecule has 3 atom stereocenters. The van der Waals surface area contributed by atoms with Gasteiger partial charge >= 0.3 is 0 Å². The predicted octanol–water partition coefficient (Wildman–Crippen LogP) is 2.12. The lowest BCUT2D eigenvalue weighted by molar-refractivity contribution is -0.0139. The van der Waals surface area contributed by atoms with Gasteiger partial charge in [-0.15, -0.1) is 0 Å². The topological polar surface area (TPSA) is 38.7 Å². The van der Waals surface area contributed by atoms with Crippen molar-refractivity contribution in [3.05, 3.63) is 0 Å². The van der Waals surface area contributed by atoms with Crippen molar-refractivity contribution in [3.8, 4) is 0 Å². The molecule has 0 saturated carbocycles. The Morgan fingerprint density at radius 3 is 2.75 bits per heavy atom. The van der Waals surface area contributed by atoms with Crippen LogP contribution in [0.15, 0.2) is 0 Å². The number of hydrogen-bond acceptors (Lipinski definition) is 3. The highest BCUT2D eigenvalue weighted by Gasteiger charge is 2.22. The summed E-state index contributed by atoms with van der Waals surface area (Å²) in [5.74, 6) is 0.373. The van der Waals surface area contributed by atoms with Gasteiger partial charge < -0.3 is 14.6 Å². The molecule has 94 valence electrons. The van der Waals surface area contributed by atoms with E-state index < -0.39 is 0 Å². The highest BCUT2D eigenvalue weighted by Crippen LogP contribution is 2.23. The van der Waals surface area contributed by atoms with Crippen molar-refractivity contribution >= 4 is 0 Å². The summed E-state index contributed by atoms with van der Waals surface area (Å²) in [6.45, 7) is 2.56. The van der Waals surface area contributed by atoms with Gasteiger partial charge in [0, 0.05) is 19.1 Å². The first-order valence-corrected chi connectivity index (χ1v) is 6.73. The number of hydrogen-bond donors (Lipinski definition) is 1. The van der Waals surface area contributed by atoms with Crippen LogP contribution in [0, 0.1) is 5.92 Å². The van der Waals surface area contributed by atoms with E-state index in [0.717, 1.165) is 51.9 Å². The van der Waals surface area contributed by atoms with Gasteiger partial charge in [-0.25, -0.2) is 0 Å². The Hall–Kier alpha value is -0.120. The molecule has 3 nitrogen and oxygen atoms in total. The minimum atomic E-state index is -0.165. The van der Waals surface area contributed by atoms with E-state index in [2.05, 4.69) is 0 Å². The summed E-state index contributed by atoms with van der Waals surface area (Å²) in [7, 11) is 0. The van der Waals surface area contributed by atoms with E-state index >= 15 is 0 Å². The fourth-order valence-electron chi connectivity index (χ4n) is 2.73. The van der Waals surface area contributed by atoms with E-state index in [9.17, 15) is 5.11 Å². The molecule has 0 aliphatic carbocycles. The predicted molar refractivity (Wildman–Crippen MR) is 62.4 cm³/mol. The molecule has 0 aromatic carbocycles. The second-order valence-corrected chi connectivity index (χ2v) is 5.11. The average Bonchev–Trinajstić information content (AvgIpc) is 2.83. The van der Waals surface area contributed by atoms with Crippen LogP contribution < -0.4 is 0 Å². The molecule has 2 rings (SSSR count). The van der Waals surface area contributed by atoms with Gasteiger partial charge in [-0.05, 0) is 44.9 Å². The quantitative estimate of drug-likeness (QED) is 0.783. The monoisotopic (exact) mass is 228 g/mol. The third kappa shape index (κ3) is 3.72. The molecule has 2 aliphatic rings. The Balaban J connectivity index is 1.57.